The number of amides is 1. The normalized spacial score (nSPS) is 16.7. The number of carbonyl (C=O) groups excluding carboxylic acids is 1. The maximum Gasteiger partial charge on any atom is 0.573 e. The summed E-state index contributed by atoms with van der Waals surface area (Å²) in [6.45, 7) is 4.45. The highest BCUT2D eigenvalue weighted by Gasteiger charge is 2.36. The molecule has 0 radical (unpaired) electrons. The Labute approximate surface area is 176 Å². The minimum Gasteiger partial charge on any atom is -0.406 e. The van der Waals surface area contributed by atoms with Crippen LogP contribution in [0, 0.1) is 13.8 Å². The van der Waals surface area contributed by atoms with Gasteiger partial charge in [0.1, 0.15) is 11.8 Å². The second-order valence-electron chi connectivity index (χ2n) is 7.53. The summed E-state index contributed by atoms with van der Waals surface area (Å²) in [5.74, 6) is 0.224. The summed E-state index contributed by atoms with van der Waals surface area (Å²) in [6, 6.07) is 11.0. The van der Waals surface area contributed by atoms with Gasteiger partial charge in [-0.05, 0) is 55.7 Å². The number of benzene rings is 2. The number of hydrogen-bond donors (Lipinski definition) is 0. The molecule has 2 heterocycles. The molecule has 1 saturated heterocycles. The first-order chi connectivity index (χ1) is 14.7. The molecule has 1 fully saturated rings. The zero-order valence-electron chi connectivity index (χ0n) is 16.9. The molecule has 0 N–H and O–H groups in total. The lowest BCUT2D eigenvalue weighted by Crippen LogP contribution is -2.27. The largest absolute Gasteiger partial charge is 0.573 e. The maximum absolute atomic E-state index is 12.5. The Morgan fingerprint density at radius 3 is 2.61 bits per heavy atom. The zero-order chi connectivity index (χ0) is 22.2. The third-order valence-electron chi connectivity index (χ3n) is 5.25. The molecule has 1 amide bonds. The summed E-state index contributed by atoms with van der Waals surface area (Å²) in [5.41, 5.74) is 3.74. The van der Waals surface area contributed by atoms with Gasteiger partial charge in [-0.25, -0.2) is 0 Å². The first-order valence-electron chi connectivity index (χ1n) is 9.75. The summed E-state index contributed by atoms with van der Waals surface area (Å²) in [7, 11) is 0. The number of nitrogens with zero attached hydrogens (tertiary/aromatic N) is 3. The van der Waals surface area contributed by atoms with E-state index in [-0.39, 0.29) is 23.5 Å². The van der Waals surface area contributed by atoms with Crippen LogP contribution in [-0.4, -0.2) is 27.3 Å². The Balaban J connectivity index is 1.53. The summed E-state index contributed by atoms with van der Waals surface area (Å²) in [5, 5.41) is 3.95. The van der Waals surface area contributed by atoms with Crippen LogP contribution < -0.4 is 4.74 Å². The molecule has 1 aliphatic rings. The molecule has 0 bridgehead atoms. The van der Waals surface area contributed by atoms with Crippen LogP contribution in [0.15, 0.2) is 47.0 Å². The van der Waals surface area contributed by atoms with Gasteiger partial charge in [0.25, 0.3) is 0 Å². The monoisotopic (exact) mass is 431 g/mol. The highest BCUT2D eigenvalue weighted by atomic mass is 19.4. The SMILES string of the molecule is Cc1ccc(C)c(CN2C(=O)CCC2c2nc(-c3ccc(OC(F)(F)F)cc3)no2)c1. The average molecular weight is 431 g/mol. The Morgan fingerprint density at radius 1 is 1.16 bits per heavy atom. The highest BCUT2D eigenvalue weighted by molar-refractivity contribution is 5.79. The molecule has 0 aliphatic carbocycles. The predicted molar refractivity (Wildman–Crippen MR) is 105 cm³/mol. The number of aromatic nitrogens is 2. The van der Waals surface area contributed by atoms with Crippen molar-refractivity contribution < 1.29 is 27.2 Å². The van der Waals surface area contributed by atoms with E-state index in [1.807, 2.05) is 26.0 Å². The number of halogens is 3. The molecular formula is C22H20F3N3O3. The van der Waals surface area contributed by atoms with Crippen molar-refractivity contribution in [3.05, 3.63) is 65.0 Å². The van der Waals surface area contributed by atoms with E-state index in [0.29, 0.717) is 30.8 Å². The van der Waals surface area contributed by atoms with Crippen LogP contribution in [0.5, 0.6) is 5.75 Å². The fraction of sp³-hybridized carbons (Fsp3) is 0.318. The van der Waals surface area contributed by atoms with Gasteiger partial charge in [0, 0.05) is 18.5 Å². The van der Waals surface area contributed by atoms with Gasteiger partial charge < -0.3 is 14.2 Å². The van der Waals surface area contributed by atoms with Gasteiger partial charge in [-0.2, -0.15) is 4.98 Å². The molecule has 6 nitrogen and oxygen atoms in total. The quantitative estimate of drug-likeness (QED) is 0.561. The molecule has 3 aromatic rings. The molecule has 31 heavy (non-hydrogen) atoms. The van der Waals surface area contributed by atoms with Gasteiger partial charge in [-0.1, -0.05) is 28.9 Å². The van der Waals surface area contributed by atoms with Crippen LogP contribution in [0.1, 0.15) is 41.5 Å². The minimum atomic E-state index is -4.76. The Kier molecular flexibility index (Phi) is 5.43. The first kappa shape index (κ1) is 20.9. The molecule has 0 spiro atoms. The highest BCUT2D eigenvalue weighted by Crippen LogP contribution is 2.35. The van der Waals surface area contributed by atoms with Crippen LogP contribution in [0.4, 0.5) is 13.2 Å². The lowest BCUT2D eigenvalue weighted by molar-refractivity contribution is -0.274. The fourth-order valence-corrected chi connectivity index (χ4v) is 3.64. The smallest absolute Gasteiger partial charge is 0.406 e. The standard InChI is InChI=1S/C22H20F3N3O3/c1-13-3-4-14(2)16(11-13)12-28-18(9-10-19(28)29)21-26-20(27-31-21)15-5-7-17(8-6-15)30-22(23,24)25/h3-8,11,18H,9-10,12H2,1-2H3. The van der Waals surface area contributed by atoms with Crippen molar-refractivity contribution in [2.75, 3.05) is 0 Å². The molecule has 0 saturated carbocycles. The van der Waals surface area contributed by atoms with Gasteiger partial charge in [0.15, 0.2) is 0 Å². The fourth-order valence-electron chi connectivity index (χ4n) is 3.64. The first-order valence-corrected chi connectivity index (χ1v) is 9.75. The van der Waals surface area contributed by atoms with Gasteiger partial charge >= 0.3 is 6.36 Å². The number of rotatable bonds is 5. The van der Waals surface area contributed by atoms with Crippen molar-refractivity contribution in [3.63, 3.8) is 0 Å². The predicted octanol–water partition coefficient (Wildman–Crippen LogP) is 5.12. The van der Waals surface area contributed by atoms with Crippen LogP contribution in [0.25, 0.3) is 11.4 Å². The number of aryl methyl sites for hydroxylation is 2. The van der Waals surface area contributed by atoms with Crippen molar-refractivity contribution >= 4 is 5.91 Å². The van der Waals surface area contributed by atoms with Crippen LogP contribution >= 0.6 is 0 Å². The lowest BCUT2D eigenvalue weighted by Gasteiger charge is -2.23. The van der Waals surface area contributed by atoms with E-state index < -0.39 is 6.36 Å². The molecular weight excluding hydrogens is 411 g/mol. The summed E-state index contributed by atoms with van der Waals surface area (Å²) < 4.78 is 46.2. The van der Waals surface area contributed by atoms with E-state index in [2.05, 4.69) is 20.9 Å². The Bertz CT molecular complexity index is 1090. The number of alkyl halides is 3. The minimum absolute atomic E-state index is 0.0132. The van der Waals surface area contributed by atoms with E-state index in [1.54, 1.807) is 4.90 Å². The third-order valence-corrected chi connectivity index (χ3v) is 5.25. The second-order valence-corrected chi connectivity index (χ2v) is 7.53. The number of likely N-dealkylation sites (tertiary alicyclic amines) is 1. The number of hydrogen-bond acceptors (Lipinski definition) is 5. The van der Waals surface area contributed by atoms with Gasteiger partial charge in [0.05, 0.1) is 0 Å². The van der Waals surface area contributed by atoms with Crippen LogP contribution in [0.2, 0.25) is 0 Å². The van der Waals surface area contributed by atoms with Crippen LogP contribution in [0.3, 0.4) is 0 Å². The molecule has 1 unspecified atom stereocenters. The third kappa shape index (κ3) is 4.70. The van der Waals surface area contributed by atoms with Crippen molar-refractivity contribution in [1.29, 1.82) is 0 Å². The van der Waals surface area contributed by atoms with Crippen molar-refractivity contribution in [1.82, 2.24) is 15.0 Å². The molecule has 4 rings (SSSR count). The van der Waals surface area contributed by atoms with E-state index >= 15 is 0 Å². The zero-order valence-corrected chi connectivity index (χ0v) is 16.9. The topological polar surface area (TPSA) is 68.5 Å². The summed E-state index contributed by atoms with van der Waals surface area (Å²) >= 11 is 0. The van der Waals surface area contributed by atoms with Crippen molar-refractivity contribution in [2.24, 2.45) is 0 Å². The Hall–Kier alpha value is -3.36. The van der Waals surface area contributed by atoms with Gasteiger partial charge in [0.2, 0.25) is 17.6 Å². The van der Waals surface area contributed by atoms with Crippen LogP contribution in [-0.2, 0) is 11.3 Å². The maximum atomic E-state index is 12.5. The molecule has 1 atom stereocenters. The van der Waals surface area contributed by atoms with Crippen molar-refractivity contribution in [3.8, 4) is 17.1 Å². The number of ether oxygens (including phenoxy) is 1. The summed E-state index contributed by atoms with van der Waals surface area (Å²) in [4.78, 5) is 18.7. The van der Waals surface area contributed by atoms with E-state index in [4.69, 9.17) is 4.52 Å². The molecule has 9 heteroatoms. The number of carbonyl (C=O) groups is 1. The molecule has 1 aromatic heterocycles. The molecule has 2 aromatic carbocycles. The van der Waals surface area contributed by atoms with E-state index in [0.717, 1.165) is 16.7 Å². The lowest BCUT2D eigenvalue weighted by atomic mass is 10.0. The molecule has 162 valence electrons. The van der Waals surface area contributed by atoms with Gasteiger partial charge in [-0.3, -0.25) is 4.79 Å². The Morgan fingerprint density at radius 2 is 1.90 bits per heavy atom. The average Bonchev–Trinajstić information content (AvgIpc) is 3.32. The van der Waals surface area contributed by atoms with E-state index in [1.165, 1.54) is 24.3 Å². The van der Waals surface area contributed by atoms with E-state index in [9.17, 15) is 18.0 Å². The second kappa shape index (κ2) is 8.05. The summed E-state index contributed by atoms with van der Waals surface area (Å²) in [6.07, 6.45) is -3.81. The van der Waals surface area contributed by atoms with Crippen molar-refractivity contribution in [2.45, 2.75) is 45.6 Å². The molecule has 1 aliphatic heterocycles. The van der Waals surface area contributed by atoms with Gasteiger partial charge in [-0.15, -0.1) is 13.2 Å².